The van der Waals surface area contributed by atoms with Crippen LogP contribution in [-0.2, 0) is 0 Å². The van der Waals surface area contributed by atoms with Gasteiger partial charge in [-0.25, -0.2) is 19.6 Å². The number of hydrogen-bond acceptors (Lipinski definition) is 6. The number of aryl methyl sites for hydroxylation is 1. The molecule has 7 heteroatoms. The molecule has 0 aliphatic rings. The highest BCUT2D eigenvalue weighted by Gasteiger charge is 2.11. The van der Waals surface area contributed by atoms with Crippen LogP contribution in [0.25, 0.3) is 15.9 Å². The molecule has 1 N–H and O–H groups in total. The summed E-state index contributed by atoms with van der Waals surface area (Å²) in [6.07, 6.45) is 4.83. The van der Waals surface area contributed by atoms with Gasteiger partial charge in [0.25, 0.3) is 0 Å². The topological polar surface area (TPSA) is 68.5 Å². The molecule has 0 aliphatic heterocycles. The second-order valence-corrected chi connectivity index (χ2v) is 6.83. The molecule has 24 heavy (non-hydrogen) atoms. The largest absolute Gasteiger partial charge is 0.363 e. The average Bonchev–Trinajstić information content (AvgIpc) is 3.24. The van der Waals surface area contributed by atoms with Gasteiger partial charge >= 0.3 is 0 Å². The van der Waals surface area contributed by atoms with E-state index in [4.69, 9.17) is 0 Å². The minimum absolute atomic E-state index is 0.133. The second kappa shape index (κ2) is 6.01. The van der Waals surface area contributed by atoms with Gasteiger partial charge in [-0.05, 0) is 37.6 Å². The summed E-state index contributed by atoms with van der Waals surface area (Å²) in [7, 11) is 0. The van der Waals surface area contributed by atoms with E-state index in [2.05, 4.69) is 57.4 Å². The van der Waals surface area contributed by atoms with Crippen molar-refractivity contribution in [3.8, 4) is 5.69 Å². The normalized spacial score (nSPS) is 12.4. The number of benzene rings is 1. The van der Waals surface area contributed by atoms with Crippen molar-refractivity contribution in [2.24, 2.45) is 0 Å². The fourth-order valence-electron chi connectivity index (χ4n) is 2.64. The molecule has 0 spiro atoms. The van der Waals surface area contributed by atoms with Gasteiger partial charge in [0.1, 0.15) is 29.6 Å². The Labute approximate surface area is 143 Å². The molecule has 3 aromatic heterocycles. The molecule has 4 aromatic rings. The van der Waals surface area contributed by atoms with Gasteiger partial charge in [-0.3, -0.25) is 0 Å². The molecule has 0 radical (unpaired) electrons. The second-order valence-electron chi connectivity index (χ2n) is 5.60. The van der Waals surface area contributed by atoms with Crippen molar-refractivity contribution in [2.75, 3.05) is 5.32 Å². The monoisotopic (exact) mass is 336 g/mol. The first kappa shape index (κ1) is 14.8. The lowest BCUT2D eigenvalue weighted by Crippen LogP contribution is -2.08. The van der Waals surface area contributed by atoms with Crippen LogP contribution in [0.3, 0.4) is 0 Å². The first-order valence-electron chi connectivity index (χ1n) is 7.63. The summed E-state index contributed by atoms with van der Waals surface area (Å²) in [6.45, 7) is 4.21. The van der Waals surface area contributed by atoms with E-state index in [-0.39, 0.29) is 6.04 Å². The van der Waals surface area contributed by atoms with Crippen molar-refractivity contribution >= 4 is 27.4 Å². The van der Waals surface area contributed by atoms with Gasteiger partial charge in [-0.15, -0.1) is 11.3 Å². The number of anilines is 1. The van der Waals surface area contributed by atoms with Gasteiger partial charge in [0.05, 0.1) is 11.1 Å². The zero-order valence-electron chi connectivity index (χ0n) is 13.3. The molecule has 3 heterocycles. The summed E-state index contributed by atoms with van der Waals surface area (Å²) >= 11 is 1.68. The van der Waals surface area contributed by atoms with Gasteiger partial charge in [0, 0.05) is 10.9 Å². The Balaban J connectivity index is 1.58. The van der Waals surface area contributed by atoms with E-state index in [9.17, 15) is 0 Å². The minimum atomic E-state index is 0.133. The first-order chi connectivity index (χ1) is 11.7. The molecular formula is C17H16N6S. The zero-order valence-corrected chi connectivity index (χ0v) is 14.2. The number of nitrogens with one attached hydrogen (secondary N) is 1. The van der Waals surface area contributed by atoms with Crippen LogP contribution in [0.1, 0.15) is 23.4 Å². The Bertz CT molecular complexity index is 959. The molecule has 0 saturated heterocycles. The number of hydrogen-bond donors (Lipinski definition) is 1. The zero-order chi connectivity index (χ0) is 16.5. The van der Waals surface area contributed by atoms with Gasteiger partial charge in [0.15, 0.2) is 0 Å². The first-order valence-corrected chi connectivity index (χ1v) is 8.45. The maximum absolute atomic E-state index is 4.41. The molecule has 6 nitrogen and oxygen atoms in total. The minimum Gasteiger partial charge on any atom is -0.363 e. The number of thiophene rings is 1. The predicted molar refractivity (Wildman–Crippen MR) is 95.5 cm³/mol. The smallest absolute Gasteiger partial charge is 0.138 e. The molecule has 0 bridgehead atoms. The Morgan fingerprint density at radius 3 is 2.71 bits per heavy atom. The summed E-state index contributed by atoms with van der Waals surface area (Å²) in [4.78, 5) is 15.0. The Kier molecular flexibility index (Phi) is 3.70. The summed E-state index contributed by atoms with van der Waals surface area (Å²) < 4.78 is 1.74. The van der Waals surface area contributed by atoms with Crippen molar-refractivity contribution in [1.29, 1.82) is 0 Å². The average molecular weight is 336 g/mol. The van der Waals surface area contributed by atoms with Crippen molar-refractivity contribution in [2.45, 2.75) is 19.9 Å². The number of nitrogens with zero attached hydrogens (tertiary/aromatic N) is 5. The van der Waals surface area contributed by atoms with Crippen LogP contribution in [0.4, 0.5) is 5.82 Å². The molecule has 0 aliphatic carbocycles. The molecule has 0 saturated carbocycles. The van der Waals surface area contributed by atoms with Crippen molar-refractivity contribution in [3.05, 3.63) is 59.8 Å². The Morgan fingerprint density at radius 2 is 1.96 bits per heavy atom. The third kappa shape index (κ3) is 2.74. The lowest BCUT2D eigenvalue weighted by Gasteiger charge is -2.16. The van der Waals surface area contributed by atoms with Gasteiger partial charge in [-0.1, -0.05) is 12.1 Å². The summed E-state index contributed by atoms with van der Waals surface area (Å²) in [5.41, 5.74) is 2.17. The molecule has 1 aromatic carbocycles. The molecular weight excluding hydrogens is 320 g/mol. The molecule has 0 amide bonds. The van der Waals surface area contributed by atoms with Crippen LogP contribution in [-0.4, -0.2) is 24.7 Å². The quantitative estimate of drug-likeness (QED) is 0.614. The van der Waals surface area contributed by atoms with E-state index in [1.807, 2.05) is 12.1 Å². The van der Waals surface area contributed by atoms with Crippen LogP contribution < -0.4 is 5.32 Å². The maximum atomic E-state index is 4.41. The lowest BCUT2D eigenvalue weighted by molar-refractivity contribution is 0.859. The van der Waals surface area contributed by atoms with Crippen LogP contribution >= 0.6 is 11.3 Å². The molecule has 120 valence electrons. The number of fused-ring (bicyclic) bond motifs is 1. The summed E-state index contributed by atoms with van der Waals surface area (Å²) in [6, 6.07) is 10.5. The van der Waals surface area contributed by atoms with E-state index in [1.54, 1.807) is 28.7 Å². The van der Waals surface area contributed by atoms with Gasteiger partial charge < -0.3 is 5.32 Å². The van der Waals surface area contributed by atoms with Crippen LogP contribution in [0.15, 0.2) is 49.3 Å². The van der Waals surface area contributed by atoms with Crippen LogP contribution in [0.2, 0.25) is 0 Å². The van der Waals surface area contributed by atoms with E-state index in [1.165, 1.54) is 16.8 Å². The Hall–Kier alpha value is -2.80. The highest BCUT2D eigenvalue weighted by atomic mass is 32.1. The van der Waals surface area contributed by atoms with Crippen LogP contribution in [0, 0.1) is 6.92 Å². The highest BCUT2D eigenvalue weighted by Crippen LogP contribution is 2.29. The standard InChI is InChI=1S/C17H16N6S/c1-11-7-15-16(19-9-20-17(15)24-11)22-12(2)13-3-5-14(6-4-13)23-10-18-8-21-23/h3-10,12H,1-2H3,(H,19,20,22). The van der Waals surface area contributed by atoms with Gasteiger partial charge in [0.2, 0.25) is 0 Å². The van der Waals surface area contributed by atoms with E-state index < -0.39 is 0 Å². The molecule has 0 fully saturated rings. The van der Waals surface area contributed by atoms with E-state index >= 15 is 0 Å². The highest BCUT2D eigenvalue weighted by molar-refractivity contribution is 7.18. The fraction of sp³-hybridized carbons (Fsp3) is 0.176. The molecule has 1 atom stereocenters. The molecule has 4 rings (SSSR count). The summed E-state index contributed by atoms with van der Waals surface area (Å²) in [5.74, 6) is 0.872. The fourth-order valence-corrected chi connectivity index (χ4v) is 3.48. The van der Waals surface area contributed by atoms with Crippen molar-refractivity contribution < 1.29 is 0 Å². The number of rotatable bonds is 4. The number of aromatic nitrogens is 5. The maximum Gasteiger partial charge on any atom is 0.138 e. The van der Waals surface area contributed by atoms with Crippen molar-refractivity contribution in [3.63, 3.8) is 0 Å². The van der Waals surface area contributed by atoms with Crippen molar-refractivity contribution in [1.82, 2.24) is 24.7 Å². The van der Waals surface area contributed by atoms with Gasteiger partial charge in [-0.2, -0.15) is 5.10 Å². The third-order valence-electron chi connectivity index (χ3n) is 3.88. The molecule has 1 unspecified atom stereocenters. The van der Waals surface area contributed by atoms with E-state index in [0.717, 1.165) is 21.7 Å². The summed E-state index contributed by atoms with van der Waals surface area (Å²) in [5, 5.41) is 8.70. The van der Waals surface area contributed by atoms with Crippen LogP contribution in [0.5, 0.6) is 0 Å². The van der Waals surface area contributed by atoms with E-state index in [0.29, 0.717) is 0 Å². The predicted octanol–water partition coefficient (Wildman–Crippen LogP) is 3.75. The Morgan fingerprint density at radius 1 is 1.12 bits per heavy atom. The third-order valence-corrected chi connectivity index (χ3v) is 4.84. The SMILES string of the molecule is Cc1cc2c(NC(C)c3ccc(-n4cncn4)cc3)ncnc2s1. The lowest BCUT2D eigenvalue weighted by atomic mass is 10.1.